The third-order valence-electron chi connectivity index (χ3n) is 6.19. The SMILES string of the molecule is Cc1cccc2cc(/C=C3\SC(=S)N(Cc4ccco4)C3=O)c(N3CCC(C)CC3)nc12. The van der Waals surface area contributed by atoms with Gasteiger partial charge in [0.15, 0.2) is 0 Å². The Morgan fingerprint density at radius 2 is 2.06 bits per heavy atom. The van der Waals surface area contributed by atoms with Gasteiger partial charge in [-0.3, -0.25) is 9.69 Å². The van der Waals surface area contributed by atoms with Crippen molar-refractivity contribution >= 4 is 57.0 Å². The molecule has 3 aromatic rings. The Balaban J connectivity index is 1.54. The summed E-state index contributed by atoms with van der Waals surface area (Å²) in [6.07, 6.45) is 5.87. The first kappa shape index (κ1) is 21.2. The molecular weight excluding hydrogens is 438 g/mol. The maximum absolute atomic E-state index is 13.2. The van der Waals surface area contributed by atoms with E-state index in [-0.39, 0.29) is 5.91 Å². The summed E-state index contributed by atoms with van der Waals surface area (Å²) in [5.74, 6) is 2.32. The molecule has 5 rings (SSSR count). The molecule has 164 valence electrons. The monoisotopic (exact) mass is 463 g/mol. The fourth-order valence-corrected chi connectivity index (χ4v) is 5.52. The van der Waals surface area contributed by atoms with Crippen LogP contribution in [-0.4, -0.2) is 33.2 Å². The molecule has 0 saturated carbocycles. The molecule has 0 radical (unpaired) electrons. The molecular formula is C25H25N3O2S2. The Bertz CT molecular complexity index is 1210. The molecule has 2 aromatic heterocycles. The fraction of sp³-hybridized carbons (Fsp3) is 0.320. The largest absolute Gasteiger partial charge is 0.467 e. The van der Waals surface area contributed by atoms with Crippen LogP contribution >= 0.6 is 24.0 Å². The van der Waals surface area contributed by atoms with Crippen molar-refractivity contribution in [2.45, 2.75) is 33.2 Å². The average molecular weight is 464 g/mol. The fourth-order valence-electron chi connectivity index (χ4n) is 4.27. The Labute approximate surface area is 197 Å². The van der Waals surface area contributed by atoms with Gasteiger partial charge in [-0.25, -0.2) is 4.98 Å². The van der Waals surface area contributed by atoms with Gasteiger partial charge in [-0.1, -0.05) is 49.1 Å². The number of carbonyl (C=O) groups excluding carboxylic acids is 1. The van der Waals surface area contributed by atoms with Crippen LogP contribution in [0.15, 0.2) is 52.0 Å². The zero-order valence-corrected chi connectivity index (χ0v) is 19.8. The van der Waals surface area contributed by atoms with E-state index in [2.05, 4.69) is 36.9 Å². The second-order valence-corrected chi connectivity index (χ2v) is 10.2. The number of furan rings is 1. The third kappa shape index (κ3) is 4.07. The number of pyridine rings is 1. The van der Waals surface area contributed by atoms with Crippen molar-refractivity contribution in [1.29, 1.82) is 0 Å². The molecule has 1 aromatic carbocycles. The Morgan fingerprint density at radius 3 is 2.81 bits per heavy atom. The van der Waals surface area contributed by atoms with Crippen LogP contribution in [-0.2, 0) is 11.3 Å². The van der Waals surface area contributed by atoms with E-state index in [0.717, 1.165) is 59.7 Å². The lowest BCUT2D eigenvalue weighted by molar-refractivity contribution is -0.122. The van der Waals surface area contributed by atoms with E-state index in [9.17, 15) is 4.79 Å². The van der Waals surface area contributed by atoms with Gasteiger partial charge in [0.2, 0.25) is 0 Å². The number of aromatic nitrogens is 1. The molecule has 2 fully saturated rings. The van der Waals surface area contributed by atoms with Crippen LogP contribution in [0.1, 0.15) is 36.7 Å². The number of amides is 1. The standard InChI is InChI=1S/C25H25N3O2S2/c1-16-8-10-27(11-9-16)23-19(13-18-6-3-5-17(2)22(18)26-23)14-21-24(29)28(25(31)32-21)15-20-7-4-12-30-20/h3-7,12-14,16H,8-11,15H2,1-2H3/b21-14-. The van der Waals surface area contributed by atoms with Gasteiger partial charge in [-0.15, -0.1) is 0 Å². The number of hydrogen-bond acceptors (Lipinski definition) is 6. The van der Waals surface area contributed by atoms with Gasteiger partial charge >= 0.3 is 0 Å². The first-order valence-electron chi connectivity index (χ1n) is 10.9. The minimum atomic E-state index is -0.0843. The molecule has 5 nitrogen and oxygen atoms in total. The Morgan fingerprint density at radius 1 is 1.25 bits per heavy atom. The van der Waals surface area contributed by atoms with Crippen molar-refractivity contribution in [2.24, 2.45) is 5.92 Å². The highest BCUT2D eigenvalue weighted by Crippen LogP contribution is 2.36. The number of piperidine rings is 1. The maximum atomic E-state index is 13.2. The van der Waals surface area contributed by atoms with E-state index in [1.807, 2.05) is 24.3 Å². The quantitative estimate of drug-likeness (QED) is 0.361. The van der Waals surface area contributed by atoms with Crippen LogP contribution in [0.2, 0.25) is 0 Å². The molecule has 2 aliphatic rings. The highest BCUT2D eigenvalue weighted by atomic mass is 32.2. The minimum absolute atomic E-state index is 0.0843. The molecule has 0 atom stereocenters. The number of nitrogens with zero attached hydrogens (tertiary/aromatic N) is 3. The summed E-state index contributed by atoms with van der Waals surface area (Å²) in [4.78, 5) is 22.8. The number of thiocarbonyl (C=S) groups is 1. The molecule has 7 heteroatoms. The Kier molecular flexibility index (Phi) is 5.78. The molecule has 0 spiro atoms. The average Bonchev–Trinajstić information content (AvgIpc) is 3.39. The van der Waals surface area contributed by atoms with Gasteiger partial charge in [0.25, 0.3) is 5.91 Å². The summed E-state index contributed by atoms with van der Waals surface area (Å²) in [6.45, 7) is 6.70. The first-order valence-corrected chi connectivity index (χ1v) is 12.1. The van der Waals surface area contributed by atoms with Crippen LogP contribution < -0.4 is 4.90 Å². The van der Waals surface area contributed by atoms with Crippen molar-refractivity contribution in [3.8, 4) is 0 Å². The van der Waals surface area contributed by atoms with Gasteiger partial charge in [0.1, 0.15) is 15.9 Å². The van der Waals surface area contributed by atoms with E-state index >= 15 is 0 Å². The van der Waals surface area contributed by atoms with Crippen molar-refractivity contribution in [1.82, 2.24) is 9.88 Å². The molecule has 2 aliphatic heterocycles. The van der Waals surface area contributed by atoms with E-state index in [0.29, 0.717) is 21.5 Å². The summed E-state index contributed by atoms with van der Waals surface area (Å²) < 4.78 is 5.96. The smallest absolute Gasteiger partial charge is 0.266 e. The van der Waals surface area contributed by atoms with Crippen molar-refractivity contribution in [2.75, 3.05) is 18.0 Å². The topological polar surface area (TPSA) is 49.6 Å². The minimum Gasteiger partial charge on any atom is -0.467 e. The number of anilines is 1. The number of rotatable bonds is 4. The van der Waals surface area contributed by atoms with Gasteiger partial charge in [0, 0.05) is 24.0 Å². The van der Waals surface area contributed by atoms with E-state index in [1.54, 1.807) is 11.2 Å². The van der Waals surface area contributed by atoms with Gasteiger partial charge in [0.05, 0.1) is 23.2 Å². The lowest BCUT2D eigenvalue weighted by Crippen LogP contribution is -2.34. The third-order valence-corrected chi connectivity index (χ3v) is 7.57. The normalized spacial score (nSPS) is 19.0. The summed E-state index contributed by atoms with van der Waals surface area (Å²) >= 11 is 6.85. The Hall–Kier alpha value is -2.64. The summed E-state index contributed by atoms with van der Waals surface area (Å²) in [5, 5.41) is 1.08. The number of fused-ring (bicyclic) bond motifs is 1. The van der Waals surface area contributed by atoms with Crippen LogP contribution in [0.4, 0.5) is 5.82 Å². The summed E-state index contributed by atoms with van der Waals surface area (Å²) in [5.41, 5.74) is 3.14. The van der Waals surface area contributed by atoms with Crippen LogP contribution in [0.25, 0.3) is 17.0 Å². The van der Waals surface area contributed by atoms with E-state index in [1.165, 1.54) is 11.8 Å². The van der Waals surface area contributed by atoms with Crippen LogP contribution in [0.3, 0.4) is 0 Å². The number of benzene rings is 1. The van der Waals surface area contributed by atoms with Gasteiger partial charge < -0.3 is 9.32 Å². The van der Waals surface area contributed by atoms with Crippen molar-refractivity contribution < 1.29 is 9.21 Å². The lowest BCUT2D eigenvalue weighted by atomic mass is 9.98. The highest BCUT2D eigenvalue weighted by Gasteiger charge is 2.33. The first-order chi connectivity index (χ1) is 15.5. The van der Waals surface area contributed by atoms with Crippen molar-refractivity contribution in [3.05, 3.63) is 64.5 Å². The van der Waals surface area contributed by atoms with Crippen molar-refractivity contribution in [3.63, 3.8) is 0 Å². The van der Waals surface area contributed by atoms with E-state index < -0.39 is 0 Å². The molecule has 0 bridgehead atoms. The molecule has 1 amide bonds. The second kappa shape index (κ2) is 8.71. The number of aryl methyl sites for hydroxylation is 1. The second-order valence-electron chi connectivity index (χ2n) is 8.56. The lowest BCUT2D eigenvalue weighted by Gasteiger charge is -2.32. The number of carbonyl (C=O) groups is 1. The van der Waals surface area contributed by atoms with Gasteiger partial charge in [-0.2, -0.15) is 0 Å². The molecule has 0 unspecified atom stereocenters. The molecule has 32 heavy (non-hydrogen) atoms. The summed E-state index contributed by atoms with van der Waals surface area (Å²) in [7, 11) is 0. The predicted molar refractivity (Wildman–Crippen MR) is 135 cm³/mol. The number of thioether (sulfide) groups is 1. The predicted octanol–water partition coefficient (Wildman–Crippen LogP) is 5.77. The zero-order chi connectivity index (χ0) is 22.2. The molecule has 4 heterocycles. The summed E-state index contributed by atoms with van der Waals surface area (Å²) in [6, 6.07) is 12.0. The molecule has 0 N–H and O–H groups in total. The van der Waals surface area contributed by atoms with Crippen LogP contribution in [0, 0.1) is 12.8 Å². The van der Waals surface area contributed by atoms with E-state index in [4.69, 9.17) is 21.6 Å². The highest BCUT2D eigenvalue weighted by molar-refractivity contribution is 8.26. The molecule has 2 saturated heterocycles. The maximum Gasteiger partial charge on any atom is 0.266 e. The molecule has 0 aliphatic carbocycles. The zero-order valence-electron chi connectivity index (χ0n) is 18.2. The number of hydrogen-bond donors (Lipinski definition) is 0. The number of para-hydroxylation sites is 1. The van der Waals surface area contributed by atoms with Crippen LogP contribution in [0.5, 0.6) is 0 Å². The van der Waals surface area contributed by atoms with Gasteiger partial charge in [-0.05, 0) is 55.5 Å².